The molecule has 0 bridgehead atoms. The molecule has 9 heterocycles. The molecule has 5 nitrogen and oxygen atoms in total. The molecule has 0 saturated heterocycles. The molecule has 0 atom stereocenters. The maximum atomic E-state index is 6.98. The second-order valence-corrected chi connectivity index (χ2v) is 13.4. The average molecular weight is 589 g/mol. The van der Waals surface area contributed by atoms with Crippen LogP contribution < -0.4 is 13.9 Å². The first-order valence-corrected chi connectivity index (χ1v) is 16.0. The van der Waals surface area contributed by atoms with Gasteiger partial charge in [0.15, 0.2) is 23.5 Å². The molecule has 0 unspecified atom stereocenters. The lowest BCUT2D eigenvalue weighted by atomic mass is 9.85. The number of fused-ring (bicyclic) bond motifs is 10. The molecule has 46 heavy (non-hydrogen) atoms. The first-order valence-electron chi connectivity index (χ1n) is 16.0. The van der Waals surface area contributed by atoms with Crippen molar-refractivity contribution in [2.75, 3.05) is 0 Å². The van der Waals surface area contributed by atoms with Crippen LogP contribution in [0.2, 0.25) is 0 Å². The van der Waals surface area contributed by atoms with Crippen molar-refractivity contribution in [3.63, 3.8) is 0 Å². The predicted octanol–water partition coefficient (Wildman–Crippen LogP) is 8.33. The molecule has 0 saturated carbocycles. The summed E-state index contributed by atoms with van der Waals surface area (Å²) in [6.07, 6.45) is 4.60. The van der Waals surface area contributed by atoms with Gasteiger partial charge in [0.05, 0.1) is 21.8 Å². The van der Waals surface area contributed by atoms with Gasteiger partial charge in [-0.3, -0.25) is 0 Å². The minimum Gasteiger partial charge on any atom is -0.456 e. The summed E-state index contributed by atoms with van der Waals surface area (Å²) in [5, 5.41) is 10.3. The Morgan fingerprint density at radius 2 is 0.957 bits per heavy atom. The molecule has 0 N–H and O–H groups in total. The first-order chi connectivity index (χ1) is 22.7. The van der Waals surface area contributed by atoms with Crippen LogP contribution in [-0.4, -0.2) is 8.80 Å². The van der Waals surface area contributed by atoms with Gasteiger partial charge in [0.25, 0.3) is 0 Å². The van der Waals surface area contributed by atoms with E-state index in [1.54, 1.807) is 0 Å². The molecule has 4 aromatic carbocycles. The Labute approximate surface area is 261 Å². The normalized spacial score (nSPS) is 15.1. The smallest absolute Gasteiger partial charge is 0.425 e. The molecule has 6 aromatic heterocycles. The number of pyridine rings is 4. The molecule has 0 fully saturated rings. The summed E-state index contributed by atoms with van der Waals surface area (Å²) in [6, 6.07) is 35.8. The zero-order chi connectivity index (χ0) is 29.8. The van der Waals surface area contributed by atoms with E-state index in [0.717, 1.165) is 11.5 Å². The summed E-state index contributed by atoms with van der Waals surface area (Å²) in [5.74, 6) is 1.87. The average Bonchev–Trinajstić information content (AvgIpc) is 3.79. The summed E-state index contributed by atoms with van der Waals surface area (Å²) in [6.45, 7) is 4.52. The van der Waals surface area contributed by atoms with Gasteiger partial charge < -0.3 is 13.5 Å². The van der Waals surface area contributed by atoms with Crippen LogP contribution in [0.4, 0.5) is 0 Å². The van der Waals surface area contributed by atoms with E-state index in [9.17, 15) is 0 Å². The number of aryl methyl sites for hydroxylation is 2. The third kappa shape index (κ3) is 1.99. The number of benzene rings is 4. The Balaban J connectivity index is 1.34. The van der Waals surface area contributed by atoms with E-state index in [4.69, 9.17) is 4.74 Å². The summed E-state index contributed by atoms with van der Waals surface area (Å²) in [5.41, 5.74) is 11.9. The van der Waals surface area contributed by atoms with Crippen molar-refractivity contribution in [1.82, 2.24) is 8.80 Å². The molecular weight excluding hydrogens is 564 g/mol. The minimum atomic E-state index is -0.613. The molecule has 10 aromatic rings. The van der Waals surface area contributed by atoms with E-state index in [0.29, 0.717) is 0 Å². The molecule has 0 amide bonds. The van der Waals surface area contributed by atoms with E-state index >= 15 is 0 Å². The Bertz CT molecular complexity index is 2980. The number of hydrogen-bond acceptors (Lipinski definition) is 1. The Kier molecular flexibility index (Phi) is 3.35. The quantitative estimate of drug-likeness (QED) is 0.129. The fraction of sp³-hybridized carbons (Fsp3) is 0.0732. The standard InChI is InChI=1S/C41H24N4O/c1-21-23-9-3-5-11-25(23)37-27-15-17-31-35-33(27)39-29(44(21)37)13-7-19-42(39)41(35)36-32(46-31)18-16-28-34(36)40-30(14-8-20-43(40)41)45-22(2)24-10-4-6-12-26(24)38(28)45/h3-20H,1-2H3/q+2. The lowest BCUT2D eigenvalue weighted by Gasteiger charge is -2.26. The van der Waals surface area contributed by atoms with Crippen LogP contribution in [0, 0.1) is 13.8 Å². The number of rotatable bonds is 0. The van der Waals surface area contributed by atoms with Crippen LogP contribution >= 0.6 is 0 Å². The maximum absolute atomic E-state index is 6.98. The maximum Gasteiger partial charge on any atom is 0.425 e. The van der Waals surface area contributed by atoms with Crippen molar-refractivity contribution in [3.05, 3.63) is 132 Å². The van der Waals surface area contributed by atoms with E-state index in [1.165, 1.54) is 98.7 Å². The molecule has 5 heteroatoms. The van der Waals surface area contributed by atoms with Gasteiger partial charge in [0.2, 0.25) is 11.0 Å². The van der Waals surface area contributed by atoms with Crippen LogP contribution in [0.15, 0.2) is 109 Å². The fourth-order valence-corrected chi connectivity index (χ4v) is 10.1. The van der Waals surface area contributed by atoms with Crippen molar-refractivity contribution >= 4 is 76.2 Å². The Morgan fingerprint density at radius 1 is 0.500 bits per heavy atom. The lowest BCUT2D eigenvalue weighted by molar-refractivity contribution is -0.945. The highest BCUT2D eigenvalue weighted by Crippen LogP contribution is 2.58. The van der Waals surface area contributed by atoms with Crippen LogP contribution in [-0.2, 0) is 5.66 Å². The minimum absolute atomic E-state index is 0.613. The van der Waals surface area contributed by atoms with Crippen LogP contribution in [0.3, 0.4) is 0 Å². The van der Waals surface area contributed by atoms with E-state index in [2.05, 4.69) is 141 Å². The van der Waals surface area contributed by atoms with Crippen LogP contribution in [0.5, 0.6) is 11.5 Å². The SMILES string of the molecule is Cc1c2ccccc2c2c3ccc4c5c3c3c(ccc[n+]3C53c5c(ccc6c5c5c(ccc[n+]53)n3c(C)c5ccccc5c63)O4)n12. The monoisotopic (exact) mass is 588 g/mol. The lowest BCUT2D eigenvalue weighted by Crippen LogP contribution is -2.72. The van der Waals surface area contributed by atoms with Crippen molar-refractivity contribution in [1.29, 1.82) is 0 Å². The van der Waals surface area contributed by atoms with E-state index in [1.807, 2.05) is 0 Å². The van der Waals surface area contributed by atoms with E-state index < -0.39 is 5.66 Å². The number of nitrogens with zero attached hydrogens (tertiary/aromatic N) is 4. The largest absolute Gasteiger partial charge is 0.456 e. The molecule has 0 radical (unpaired) electrons. The highest BCUT2D eigenvalue weighted by molar-refractivity contribution is 6.24. The first kappa shape index (κ1) is 22.6. The third-order valence-corrected chi connectivity index (χ3v) is 11.6. The molecule has 0 aliphatic carbocycles. The van der Waals surface area contributed by atoms with Gasteiger partial charge in [0, 0.05) is 55.8 Å². The van der Waals surface area contributed by atoms with Gasteiger partial charge in [-0.2, -0.15) is 0 Å². The molecule has 3 aliphatic heterocycles. The zero-order valence-corrected chi connectivity index (χ0v) is 25.1. The highest BCUT2D eigenvalue weighted by Gasteiger charge is 2.69. The van der Waals surface area contributed by atoms with Gasteiger partial charge in [0.1, 0.15) is 22.5 Å². The summed E-state index contributed by atoms with van der Waals surface area (Å²) in [7, 11) is 0. The predicted molar refractivity (Wildman–Crippen MR) is 181 cm³/mol. The zero-order valence-electron chi connectivity index (χ0n) is 25.1. The summed E-state index contributed by atoms with van der Waals surface area (Å²) < 4.78 is 17.1. The molecule has 3 aliphatic rings. The molecule has 13 rings (SSSR count). The number of aromatic nitrogens is 4. The van der Waals surface area contributed by atoms with Gasteiger partial charge >= 0.3 is 5.66 Å². The van der Waals surface area contributed by atoms with Crippen molar-refractivity contribution < 1.29 is 13.9 Å². The van der Waals surface area contributed by atoms with E-state index in [-0.39, 0.29) is 0 Å². The van der Waals surface area contributed by atoms with Crippen LogP contribution in [0.25, 0.3) is 76.2 Å². The van der Waals surface area contributed by atoms with Crippen LogP contribution in [0.1, 0.15) is 22.5 Å². The molecular formula is C41H24N4O+2. The van der Waals surface area contributed by atoms with Crippen molar-refractivity contribution in [2.45, 2.75) is 19.5 Å². The number of ether oxygens (including phenoxy) is 1. The topological polar surface area (TPSA) is 25.8 Å². The second kappa shape index (κ2) is 6.82. The summed E-state index contributed by atoms with van der Waals surface area (Å²) in [4.78, 5) is 0. The fourth-order valence-electron chi connectivity index (χ4n) is 10.1. The van der Waals surface area contributed by atoms with Crippen molar-refractivity contribution in [3.8, 4) is 11.5 Å². The molecule has 1 spiro atoms. The Hall–Kier alpha value is -5.94. The summed E-state index contributed by atoms with van der Waals surface area (Å²) >= 11 is 0. The second-order valence-electron chi connectivity index (χ2n) is 13.4. The van der Waals surface area contributed by atoms with Gasteiger partial charge in [-0.15, -0.1) is 9.13 Å². The third-order valence-electron chi connectivity index (χ3n) is 11.6. The highest BCUT2D eigenvalue weighted by atomic mass is 16.5. The van der Waals surface area contributed by atoms with Gasteiger partial charge in [-0.1, -0.05) is 48.5 Å². The van der Waals surface area contributed by atoms with Gasteiger partial charge in [-0.05, 0) is 50.2 Å². The molecule has 212 valence electrons. The number of hydrogen-bond donors (Lipinski definition) is 0. The van der Waals surface area contributed by atoms with Crippen molar-refractivity contribution in [2.24, 2.45) is 0 Å². The Morgan fingerprint density at radius 3 is 1.43 bits per heavy atom. The van der Waals surface area contributed by atoms with Gasteiger partial charge in [-0.25, -0.2) is 0 Å².